The monoisotopic (exact) mass is 243 g/mol. The summed E-state index contributed by atoms with van der Waals surface area (Å²) in [4.78, 5) is 2.59. The quantitative estimate of drug-likeness (QED) is 0.759. The van der Waals surface area contributed by atoms with Crippen LogP contribution in [0.3, 0.4) is 0 Å². The van der Waals surface area contributed by atoms with Crippen molar-refractivity contribution >= 4 is 11.8 Å². The van der Waals surface area contributed by atoms with Crippen LogP contribution < -0.4 is 11.1 Å². The van der Waals surface area contributed by atoms with Gasteiger partial charge in [-0.05, 0) is 42.7 Å². The van der Waals surface area contributed by atoms with Crippen LogP contribution in [0.1, 0.15) is 12.8 Å². The molecule has 0 aromatic carbocycles. The van der Waals surface area contributed by atoms with Crippen molar-refractivity contribution < 1.29 is 0 Å². The van der Waals surface area contributed by atoms with Crippen molar-refractivity contribution in [3.8, 4) is 0 Å². The molecule has 0 aromatic heterocycles. The van der Waals surface area contributed by atoms with E-state index >= 15 is 0 Å². The molecule has 2 saturated heterocycles. The number of nitrogens with two attached hydrogens (primary N) is 1. The van der Waals surface area contributed by atoms with Gasteiger partial charge in [-0.15, -0.1) is 0 Å². The highest BCUT2D eigenvalue weighted by atomic mass is 32.2. The Morgan fingerprint density at radius 1 is 1.25 bits per heavy atom. The van der Waals surface area contributed by atoms with Crippen molar-refractivity contribution in [3.05, 3.63) is 0 Å². The summed E-state index contributed by atoms with van der Waals surface area (Å²) >= 11 is 2.11. The van der Waals surface area contributed by atoms with Crippen LogP contribution in [0, 0.1) is 11.8 Å². The van der Waals surface area contributed by atoms with Gasteiger partial charge in [0, 0.05) is 32.7 Å². The van der Waals surface area contributed by atoms with Crippen LogP contribution in [-0.4, -0.2) is 55.7 Å². The number of piperazine rings is 1. The number of nitrogens with one attached hydrogen (secondary N) is 1. The molecule has 3 N–H and O–H groups in total. The fourth-order valence-electron chi connectivity index (χ4n) is 2.83. The molecule has 2 rings (SSSR count). The van der Waals surface area contributed by atoms with E-state index in [0.29, 0.717) is 0 Å². The zero-order chi connectivity index (χ0) is 11.2. The highest BCUT2D eigenvalue weighted by Gasteiger charge is 2.25. The first-order valence-corrected chi connectivity index (χ1v) is 7.76. The fourth-order valence-corrected chi connectivity index (χ4v) is 3.97. The zero-order valence-corrected chi connectivity index (χ0v) is 11.0. The van der Waals surface area contributed by atoms with E-state index in [1.165, 1.54) is 44.0 Å². The minimum absolute atomic E-state index is 0.735. The lowest BCUT2D eigenvalue weighted by atomic mass is 9.87. The van der Waals surface area contributed by atoms with Crippen molar-refractivity contribution in [2.75, 3.05) is 50.8 Å². The molecule has 0 spiro atoms. The molecule has 2 aliphatic heterocycles. The topological polar surface area (TPSA) is 41.3 Å². The number of thioether (sulfide) groups is 1. The third-order valence-electron chi connectivity index (χ3n) is 3.94. The normalized spacial score (nSPS) is 26.8. The Hall–Kier alpha value is 0.230. The lowest BCUT2D eigenvalue weighted by Gasteiger charge is -2.35. The number of hydrogen-bond acceptors (Lipinski definition) is 4. The Balaban J connectivity index is 1.78. The molecule has 0 radical (unpaired) electrons. The summed E-state index contributed by atoms with van der Waals surface area (Å²) in [5, 5.41) is 3.41. The molecule has 2 aliphatic rings. The molecule has 0 bridgehead atoms. The first-order chi connectivity index (χ1) is 7.90. The Morgan fingerprint density at radius 2 is 1.94 bits per heavy atom. The number of rotatable bonds is 4. The van der Waals surface area contributed by atoms with Crippen molar-refractivity contribution in [1.29, 1.82) is 0 Å². The van der Waals surface area contributed by atoms with Gasteiger partial charge in [0.05, 0.1) is 0 Å². The summed E-state index contributed by atoms with van der Waals surface area (Å²) in [6.07, 6.45) is 2.78. The standard InChI is InChI=1S/C12H25N3S/c13-9-12(11-1-7-16-8-2-11)10-15-5-3-14-4-6-15/h11-12,14H,1-10,13H2. The van der Waals surface area contributed by atoms with Gasteiger partial charge in [-0.3, -0.25) is 0 Å². The Morgan fingerprint density at radius 3 is 2.56 bits per heavy atom. The first kappa shape index (κ1) is 12.7. The fraction of sp³-hybridized carbons (Fsp3) is 1.00. The van der Waals surface area contributed by atoms with E-state index in [9.17, 15) is 0 Å². The van der Waals surface area contributed by atoms with Gasteiger partial charge >= 0.3 is 0 Å². The molecule has 0 amide bonds. The second-order valence-electron chi connectivity index (χ2n) is 5.00. The van der Waals surface area contributed by atoms with Crippen LogP contribution in [-0.2, 0) is 0 Å². The van der Waals surface area contributed by atoms with Crippen LogP contribution in [0.4, 0.5) is 0 Å². The highest BCUT2D eigenvalue weighted by molar-refractivity contribution is 7.99. The third kappa shape index (κ3) is 3.62. The smallest absolute Gasteiger partial charge is 0.0107 e. The summed E-state index contributed by atoms with van der Waals surface area (Å²) in [7, 11) is 0. The lowest BCUT2D eigenvalue weighted by Crippen LogP contribution is -2.47. The van der Waals surface area contributed by atoms with Crippen LogP contribution in [0.15, 0.2) is 0 Å². The minimum Gasteiger partial charge on any atom is -0.330 e. The average molecular weight is 243 g/mol. The van der Waals surface area contributed by atoms with Crippen molar-refractivity contribution in [1.82, 2.24) is 10.2 Å². The molecule has 94 valence electrons. The van der Waals surface area contributed by atoms with Gasteiger partial charge in [0.25, 0.3) is 0 Å². The van der Waals surface area contributed by atoms with Gasteiger partial charge in [0.15, 0.2) is 0 Å². The SMILES string of the molecule is NCC(CN1CCNCC1)C1CCSCC1. The summed E-state index contributed by atoms with van der Waals surface area (Å²) in [5.74, 6) is 4.32. The molecule has 4 heteroatoms. The Bertz CT molecular complexity index is 189. The molecule has 0 aromatic rings. The molecular formula is C12H25N3S. The van der Waals surface area contributed by atoms with Crippen LogP contribution in [0.25, 0.3) is 0 Å². The molecule has 16 heavy (non-hydrogen) atoms. The van der Waals surface area contributed by atoms with Gasteiger partial charge in [-0.1, -0.05) is 0 Å². The van der Waals surface area contributed by atoms with E-state index in [1.807, 2.05) is 0 Å². The summed E-state index contributed by atoms with van der Waals surface area (Å²) in [6.45, 7) is 6.82. The maximum Gasteiger partial charge on any atom is 0.0107 e. The van der Waals surface area contributed by atoms with Crippen LogP contribution in [0.5, 0.6) is 0 Å². The van der Waals surface area contributed by atoms with Gasteiger partial charge in [0.2, 0.25) is 0 Å². The molecule has 1 unspecified atom stereocenters. The molecule has 2 fully saturated rings. The Labute approximate surface area is 104 Å². The maximum atomic E-state index is 5.97. The predicted octanol–water partition coefficient (Wildman–Crippen LogP) is 0.610. The Kier molecular flexibility index (Phi) is 5.42. The van der Waals surface area contributed by atoms with E-state index in [2.05, 4.69) is 22.0 Å². The summed E-state index contributed by atoms with van der Waals surface area (Å²) in [5.41, 5.74) is 5.97. The van der Waals surface area contributed by atoms with Gasteiger partial charge in [0.1, 0.15) is 0 Å². The van der Waals surface area contributed by atoms with E-state index in [4.69, 9.17) is 5.73 Å². The molecule has 2 heterocycles. The van der Waals surface area contributed by atoms with Crippen molar-refractivity contribution in [2.24, 2.45) is 17.6 Å². The van der Waals surface area contributed by atoms with E-state index in [0.717, 1.165) is 31.5 Å². The van der Waals surface area contributed by atoms with E-state index in [-0.39, 0.29) is 0 Å². The average Bonchev–Trinajstić information content (AvgIpc) is 2.38. The molecule has 0 aliphatic carbocycles. The molecule has 1 atom stereocenters. The maximum absolute atomic E-state index is 5.97. The zero-order valence-electron chi connectivity index (χ0n) is 10.2. The second kappa shape index (κ2) is 6.84. The van der Waals surface area contributed by atoms with Crippen molar-refractivity contribution in [2.45, 2.75) is 12.8 Å². The van der Waals surface area contributed by atoms with E-state index in [1.54, 1.807) is 0 Å². The van der Waals surface area contributed by atoms with E-state index < -0.39 is 0 Å². The highest BCUT2D eigenvalue weighted by Crippen LogP contribution is 2.29. The largest absolute Gasteiger partial charge is 0.330 e. The van der Waals surface area contributed by atoms with Crippen molar-refractivity contribution in [3.63, 3.8) is 0 Å². The van der Waals surface area contributed by atoms with Crippen LogP contribution >= 0.6 is 11.8 Å². The second-order valence-corrected chi connectivity index (χ2v) is 6.22. The third-order valence-corrected chi connectivity index (χ3v) is 4.99. The summed E-state index contributed by atoms with van der Waals surface area (Å²) in [6, 6.07) is 0. The first-order valence-electron chi connectivity index (χ1n) is 6.61. The minimum atomic E-state index is 0.735. The summed E-state index contributed by atoms with van der Waals surface area (Å²) < 4.78 is 0. The lowest BCUT2D eigenvalue weighted by molar-refractivity contribution is 0.170. The molecular weight excluding hydrogens is 218 g/mol. The van der Waals surface area contributed by atoms with Gasteiger partial charge in [-0.25, -0.2) is 0 Å². The molecule has 0 saturated carbocycles. The van der Waals surface area contributed by atoms with Gasteiger partial charge in [-0.2, -0.15) is 11.8 Å². The number of hydrogen-bond donors (Lipinski definition) is 2. The van der Waals surface area contributed by atoms with Crippen LogP contribution in [0.2, 0.25) is 0 Å². The predicted molar refractivity (Wildman–Crippen MR) is 71.9 cm³/mol. The van der Waals surface area contributed by atoms with Gasteiger partial charge < -0.3 is 16.0 Å². The number of nitrogens with zero attached hydrogens (tertiary/aromatic N) is 1. The molecule has 3 nitrogen and oxygen atoms in total.